The number of nitrogen functional groups attached to an aromatic ring is 1. The van der Waals surface area contributed by atoms with Gasteiger partial charge in [-0.3, -0.25) is 4.98 Å². The van der Waals surface area contributed by atoms with E-state index in [1.807, 2.05) is 12.1 Å². The molecule has 20 heavy (non-hydrogen) atoms. The van der Waals surface area contributed by atoms with Crippen LogP contribution in [-0.4, -0.2) is 15.0 Å². The van der Waals surface area contributed by atoms with Crippen molar-refractivity contribution < 1.29 is 0 Å². The normalized spacial score (nSPS) is 10.8. The summed E-state index contributed by atoms with van der Waals surface area (Å²) in [5, 5.41) is 2.07. The number of thioether (sulfide) groups is 1. The molecule has 2 N–H and O–H groups in total. The summed E-state index contributed by atoms with van der Waals surface area (Å²) in [5.74, 6) is 1.12. The van der Waals surface area contributed by atoms with Crippen molar-refractivity contribution >= 4 is 40.1 Å². The van der Waals surface area contributed by atoms with E-state index in [1.54, 1.807) is 6.20 Å². The lowest BCUT2D eigenvalue weighted by Crippen LogP contribution is -1.95. The number of rotatable bonds is 3. The van der Waals surface area contributed by atoms with Gasteiger partial charge in [0.25, 0.3) is 0 Å². The molecule has 0 radical (unpaired) electrons. The van der Waals surface area contributed by atoms with Crippen molar-refractivity contribution in [3.8, 4) is 0 Å². The molecule has 0 amide bonds. The van der Waals surface area contributed by atoms with Crippen molar-refractivity contribution in [3.05, 3.63) is 53.3 Å². The second-order valence-corrected chi connectivity index (χ2v) is 5.55. The summed E-state index contributed by atoms with van der Waals surface area (Å²) in [6, 6.07) is 11.7. The molecule has 4 nitrogen and oxygen atoms in total. The minimum absolute atomic E-state index is 0.361. The van der Waals surface area contributed by atoms with Gasteiger partial charge >= 0.3 is 0 Å². The molecule has 0 saturated carbocycles. The predicted molar refractivity (Wildman–Crippen MR) is 82.8 cm³/mol. The first kappa shape index (κ1) is 13.1. The quantitative estimate of drug-likeness (QED) is 0.455. The molecule has 3 rings (SSSR count). The number of halogens is 1. The Morgan fingerprint density at radius 1 is 1.15 bits per heavy atom. The summed E-state index contributed by atoms with van der Waals surface area (Å²) in [6.07, 6.45) is 1.79. The van der Waals surface area contributed by atoms with Crippen molar-refractivity contribution in [3.63, 3.8) is 0 Å². The van der Waals surface area contributed by atoms with Gasteiger partial charge in [0.2, 0.25) is 0 Å². The van der Waals surface area contributed by atoms with E-state index in [2.05, 4.69) is 33.2 Å². The van der Waals surface area contributed by atoms with Gasteiger partial charge in [-0.1, -0.05) is 41.6 Å². The number of hydrogen-bond donors (Lipinski definition) is 1. The zero-order valence-corrected chi connectivity index (χ0v) is 12.0. The first-order chi connectivity index (χ1) is 9.70. The summed E-state index contributed by atoms with van der Waals surface area (Å²) < 4.78 is 0. The van der Waals surface area contributed by atoms with Crippen molar-refractivity contribution in [2.75, 3.05) is 5.73 Å². The second kappa shape index (κ2) is 5.64. The Labute approximate surface area is 125 Å². The van der Waals surface area contributed by atoms with Crippen LogP contribution >= 0.6 is 23.4 Å². The molecular weight excluding hydrogens is 292 g/mol. The maximum atomic E-state index is 5.86. The molecule has 0 saturated heterocycles. The fourth-order valence-corrected chi connectivity index (χ4v) is 2.88. The summed E-state index contributed by atoms with van der Waals surface area (Å²) in [4.78, 5) is 12.6. The van der Waals surface area contributed by atoms with Gasteiger partial charge in [-0.15, -0.1) is 0 Å². The molecule has 0 atom stereocenters. The third kappa shape index (κ3) is 3.00. The van der Waals surface area contributed by atoms with Crippen LogP contribution in [0, 0.1) is 0 Å². The largest absolute Gasteiger partial charge is 0.384 e. The van der Waals surface area contributed by atoms with Gasteiger partial charge in [-0.05, 0) is 17.7 Å². The average molecular weight is 303 g/mol. The van der Waals surface area contributed by atoms with Gasteiger partial charge in [-0.25, -0.2) is 9.97 Å². The molecule has 6 heteroatoms. The number of anilines is 1. The minimum Gasteiger partial charge on any atom is -0.384 e. The molecule has 2 aromatic heterocycles. The molecule has 0 aliphatic rings. The lowest BCUT2D eigenvalue weighted by Gasteiger charge is -2.04. The summed E-state index contributed by atoms with van der Waals surface area (Å²) >= 11 is 7.35. The van der Waals surface area contributed by atoms with E-state index in [1.165, 1.54) is 17.8 Å². The van der Waals surface area contributed by atoms with E-state index >= 15 is 0 Å². The van der Waals surface area contributed by atoms with Crippen LogP contribution in [0.4, 0.5) is 5.82 Å². The Hall–Kier alpha value is -1.85. The highest BCUT2D eigenvalue weighted by atomic mass is 35.5. The summed E-state index contributed by atoms with van der Waals surface area (Å²) in [6.45, 7) is 0. The molecule has 0 bridgehead atoms. The molecule has 0 spiro atoms. The van der Waals surface area contributed by atoms with E-state index in [0.29, 0.717) is 16.1 Å². The average Bonchev–Trinajstić information content (AvgIpc) is 2.44. The zero-order chi connectivity index (χ0) is 13.9. The van der Waals surface area contributed by atoms with Crippen molar-refractivity contribution in [1.29, 1.82) is 0 Å². The standard InChI is InChI=1S/C14H11ClN4S/c15-12-7-13(16)19-14(18-12)20-8-9-3-4-10-2-1-5-17-11(10)6-9/h1-7H,8H2,(H2,16,18,19). The molecule has 3 aromatic rings. The fraction of sp³-hybridized carbons (Fsp3) is 0.0714. The van der Waals surface area contributed by atoms with E-state index in [-0.39, 0.29) is 0 Å². The van der Waals surface area contributed by atoms with Crippen molar-refractivity contribution in [2.45, 2.75) is 10.9 Å². The van der Waals surface area contributed by atoms with Crippen LogP contribution in [0.15, 0.2) is 47.8 Å². The van der Waals surface area contributed by atoms with Crippen LogP contribution in [0.2, 0.25) is 5.15 Å². The van der Waals surface area contributed by atoms with Crippen LogP contribution in [-0.2, 0) is 5.75 Å². The topological polar surface area (TPSA) is 64.7 Å². The highest BCUT2D eigenvalue weighted by Gasteiger charge is 2.04. The van der Waals surface area contributed by atoms with Crippen LogP contribution in [0.3, 0.4) is 0 Å². The van der Waals surface area contributed by atoms with Crippen LogP contribution in [0.5, 0.6) is 0 Å². The van der Waals surface area contributed by atoms with Crippen LogP contribution < -0.4 is 5.73 Å². The van der Waals surface area contributed by atoms with Gasteiger partial charge in [0.1, 0.15) is 11.0 Å². The highest BCUT2D eigenvalue weighted by Crippen LogP contribution is 2.23. The Kier molecular flexibility index (Phi) is 3.71. The number of pyridine rings is 1. The lowest BCUT2D eigenvalue weighted by atomic mass is 10.1. The number of fused-ring (bicyclic) bond motifs is 1. The molecule has 0 aliphatic heterocycles. The van der Waals surface area contributed by atoms with Crippen molar-refractivity contribution in [2.24, 2.45) is 0 Å². The maximum Gasteiger partial charge on any atom is 0.191 e. The monoisotopic (exact) mass is 302 g/mol. The van der Waals surface area contributed by atoms with E-state index in [0.717, 1.165) is 22.2 Å². The molecule has 1 aromatic carbocycles. The number of hydrogen-bond acceptors (Lipinski definition) is 5. The predicted octanol–water partition coefficient (Wildman–Crippen LogP) is 3.55. The number of benzene rings is 1. The Morgan fingerprint density at radius 3 is 2.90 bits per heavy atom. The fourth-order valence-electron chi connectivity index (χ4n) is 1.83. The Bertz CT molecular complexity index is 743. The van der Waals surface area contributed by atoms with Crippen LogP contribution in [0.25, 0.3) is 10.9 Å². The Balaban J connectivity index is 1.79. The highest BCUT2D eigenvalue weighted by molar-refractivity contribution is 7.98. The molecule has 0 aliphatic carbocycles. The van der Waals surface area contributed by atoms with Gasteiger partial charge in [0, 0.05) is 23.4 Å². The number of nitrogens with zero attached hydrogens (tertiary/aromatic N) is 3. The smallest absolute Gasteiger partial charge is 0.191 e. The Morgan fingerprint density at radius 2 is 2.05 bits per heavy atom. The molecule has 100 valence electrons. The number of nitrogens with two attached hydrogens (primary N) is 1. The first-order valence-corrected chi connectivity index (χ1v) is 7.33. The van der Waals surface area contributed by atoms with E-state index < -0.39 is 0 Å². The van der Waals surface area contributed by atoms with Crippen LogP contribution in [0.1, 0.15) is 5.56 Å². The first-order valence-electron chi connectivity index (χ1n) is 5.97. The lowest BCUT2D eigenvalue weighted by molar-refractivity contribution is 0.976. The minimum atomic E-state index is 0.361. The van der Waals surface area contributed by atoms with Gasteiger partial charge < -0.3 is 5.73 Å². The molecule has 0 fully saturated rings. The van der Waals surface area contributed by atoms with Crippen molar-refractivity contribution in [1.82, 2.24) is 15.0 Å². The number of aromatic nitrogens is 3. The zero-order valence-electron chi connectivity index (χ0n) is 10.5. The SMILES string of the molecule is Nc1cc(Cl)nc(SCc2ccc3cccnc3c2)n1. The molecular formula is C14H11ClN4S. The van der Waals surface area contributed by atoms with E-state index in [4.69, 9.17) is 17.3 Å². The molecule has 0 unspecified atom stereocenters. The van der Waals surface area contributed by atoms with Gasteiger partial charge in [-0.2, -0.15) is 0 Å². The van der Waals surface area contributed by atoms with E-state index in [9.17, 15) is 0 Å². The molecule has 2 heterocycles. The van der Waals surface area contributed by atoms with Gasteiger partial charge in [0.15, 0.2) is 5.16 Å². The third-order valence-electron chi connectivity index (χ3n) is 2.73. The maximum absolute atomic E-state index is 5.86. The summed E-state index contributed by atoms with van der Waals surface area (Å²) in [5.41, 5.74) is 7.78. The third-order valence-corrected chi connectivity index (χ3v) is 3.84. The summed E-state index contributed by atoms with van der Waals surface area (Å²) in [7, 11) is 0. The van der Waals surface area contributed by atoms with Gasteiger partial charge in [0.05, 0.1) is 5.52 Å². The second-order valence-electron chi connectivity index (χ2n) is 4.22.